The zero-order valence-corrected chi connectivity index (χ0v) is 16.5. The molecule has 0 bridgehead atoms. The first kappa shape index (κ1) is 20.1. The zero-order valence-electron chi connectivity index (χ0n) is 16.5. The molecule has 0 saturated heterocycles. The van der Waals surface area contributed by atoms with E-state index in [2.05, 4.69) is 10.4 Å². The molecule has 1 amide bonds. The minimum atomic E-state index is -0.586. The number of aromatic nitrogens is 2. The van der Waals surface area contributed by atoms with Crippen molar-refractivity contribution >= 4 is 23.6 Å². The number of ether oxygens (including phenoxy) is 1. The summed E-state index contributed by atoms with van der Waals surface area (Å²) in [6, 6.07) is 15.7. The van der Waals surface area contributed by atoms with Crippen LogP contribution in [0.3, 0.4) is 0 Å². The second-order valence-corrected chi connectivity index (χ2v) is 6.76. The first-order valence-electron chi connectivity index (χ1n) is 9.28. The third-order valence-corrected chi connectivity index (χ3v) is 4.25. The van der Waals surface area contributed by atoms with Gasteiger partial charge in [0.25, 0.3) is 5.91 Å². The van der Waals surface area contributed by atoms with Crippen molar-refractivity contribution in [1.29, 1.82) is 0 Å². The number of rotatable bonds is 7. The van der Waals surface area contributed by atoms with E-state index in [4.69, 9.17) is 4.74 Å². The Hall–Kier alpha value is -3.67. The van der Waals surface area contributed by atoms with Crippen LogP contribution >= 0.6 is 0 Å². The Labute approximate surface area is 169 Å². The number of carbonyl (C=O) groups is 2. The second-order valence-electron chi connectivity index (χ2n) is 6.76. The summed E-state index contributed by atoms with van der Waals surface area (Å²) in [4.78, 5) is 23.8. The molecule has 1 heterocycles. The van der Waals surface area contributed by atoms with Gasteiger partial charge in [-0.1, -0.05) is 48.0 Å². The summed E-state index contributed by atoms with van der Waals surface area (Å²) in [6.07, 6.45) is 6.40. The number of benzene rings is 2. The summed E-state index contributed by atoms with van der Waals surface area (Å²) in [5.41, 5.74) is 4.69. The van der Waals surface area contributed by atoms with Crippen molar-refractivity contribution in [2.45, 2.75) is 20.4 Å². The van der Waals surface area contributed by atoms with E-state index in [1.54, 1.807) is 17.0 Å². The van der Waals surface area contributed by atoms with Crippen LogP contribution in [0.2, 0.25) is 0 Å². The predicted molar refractivity (Wildman–Crippen MR) is 112 cm³/mol. The van der Waals surface area contributed by atoms with Gasteiger partial charge in [-0.25, -0.2) is 4.79 Å². The molecule has 0 aliphatic carbocycles. The average Bonchev–Trinajstić information content (AvgIpc) is 3.15. The van der Waals surface area contributed by atoms with Crippen LogP contribution in [0.25, 0.3) is 6.08 Å². The van der Waals surface area contributed by atoms with Crippen molar-refractivity contribution in [3.05, 3.63) is 89.3 Å². The lowest BCUT2D eigenvalue weighted by Crippen LogP contribution is -2.20. The largest absolute Gasteiger partial charge is 0.452 e. The number of nitrogens with zero attached hydrogens (tertiary/aromatic N) is 2. The zero-order chi connectivity index (χ0) is 20.6. The predicted octanol–water partition coefficient (Wildman–Crippen LogP) is 3.74. The number of carbonyl (C=O) groups excluding carboxylic acids is 2. The number of aryl methyl sites for hydroxylation is 2. The SMILES string of the molecule is Cc1ccc(NC(=O)COC(=O)/C=C/c2cnn(Cc3ccccc3)c2)c(C)c1. The van der Waals surface area contributed by atoms with Crippen molar-refractivity contribution in [2.24, 2.45) is 0 Å². The monoisotopic (exact) mass is 389 g/mol. The maximum Gasteiger partial charge on any atom is 0.331 e. The van der Waals surface area contributed by atoms with Crippen molar-refractivity contribution in [2.75, 3.05) is 11.9 Å². The second kappa shape index (κ2) is 9.50. The van der Waals surface area contributed by atoms with Crippen molar-refractivity contribution < 1.29 is 14.3 Å². The van der Waals surface area contributed by atoms with E-state index in [1.807, 2.05) is 68.6 Å². The van der Waals surface area contributed by atoms with Gasteiger partial charge in [0.05, 0.1) is 12.7 Å². The quantitative estimate of drug-likeness (QED) is 0.493. The minimum Gasteiger partial charge on any atom is -0.452 e. The lowest BCUT2D eigenvalue weighted by Gasteiger charge is -2.09. The van der Waals surface area contributed by atoms with Crippen molar-refractivity contribution in [1.82, 2.24) is 9.78 Å². The highest BCUT2D eigenvalue weighted by Crippen LogP contribution is 2.15. The van der Waals surface area contributed by atoms with Crippen molar-refractivity contribution in [3.63, 3.8) is 0 Å². The van der Waals surface area contributed by atoms with Gasteiger partial charge in [-0.2, -0.15) is 5.10 Å². The third kappa shape index (κ3) is 6.17. The Bertz CT molecular complexity index is 1020. The topological polar surface area (TPSA) is 73.2 Å². The van der Waals surface area contributed by atoms with E-state index in [0.717, 1.165) is 22.3 Å². The molecule has 0 saturated carbocycles. The van der Waals surface area contributed by atoms with Gasteiger partial charge in [0.2, 0.25) is 0 Å². The van der Waals surface area contributed by atoms with Gasteiger partial charge in [-0.3, -0.25) is 9.48 Å². The Balaban J connectivity index is 1.46. The van der Waals surface area contributed by atoms with E-state index in [9.17, 15) is 9.59 Å². The molecule has 1 aromatic heterocycles. The number of esters is 1. The summed E-state index contributed by atoms with van der Waals surface area (Å²) in [5, 5.41) is 7.01. The van der Waals surface area contributed by atoms with Crippen LogP contribution < -0.4 is 5.32 Å². The molecule has 1 N–H and O–H groups in total. The van der Waals surface area contributed by atoms with Crippen LogP contribution in [0.15, 0.2) is 67.0 Å². The van der Waals surface area contributed by atoms with E-state index in [0.29, 0.717) is 12.2 Å². The van der Waals surface area contributed by atoms with Gasteiger partial charge in [-0.15, -0.1) is 0 Å². The molecule has 2 aromatic carbocycles. The number of anilines is 1. The highest BCUT2D eigenvalue weighted by molar-refractivity contribution is 5.95. The highest BCUT2D eigenvalue weighted by Gasteiger charge is 2.07. The standard InChI is InChI=1S/C23H23N3O3/c1-17-8-10-21(18(2)12-17)25-22(27)16-29-23(28)11-9-20-13-24-26(15-20)14-19-6-4-3-5-7-19/h3-13,15H,14,16H2,1-2H3,(H,25,27)/b11-9+. The third-order valence-electron chi connectivity index (χ3n) is 4.25. The van der Waals surface area contributed by atoms with Crippen LogP contribution in [0.4, 0.5) is 5.69 Å². The Kier molecular flexibility index (Phi) is 6.58. The van der Waals surface area contributed by atoms with E-state index < -0.39 is 5.97 Å². The first-order valence-corrected chi connectivity index (χ1v) is 9.28. The Morgan fingerprint density at radius 1 is 1.14 bits per heavy atom. The van der Waals surface area contributed by atoms with Gasteiger partial charge in [-0.05, 0) is 37.1 Å². The molecule has 6 nitrogen and oxygen atoms in total. The number of hydrogen-bond donors (Lipinski definition) is 1. The first-order chi connectivity index (χ1) is 14.0. The fourth-order valence-corrected chi connectivity index (χ4v) is 2.81. The normalized spacial score (nSPS) is 10.8. The van der Waals surface area contributed by atoms with Gasteiger partial charge in [0.15, 0.2) is 6.61 Å². The highest BCUT2D eigenvalue weighted by atomic mass is 16.5. The summed E-state index contributed by atoms with van der Waals surface area (Å²) in [5.74, 6) is -0.967. The van der Waals surface area contributed by atoms with E-state index in [1.165, 1.54) is 6.08 Å². The van der Waals surface area contributed by atoms with E-state index >= 15 is 0 Å². The Morgan fingerprint density at radius 2 is 1.93 bits per heavy atom. The summed E-state index contributed by atoms with van der Waals surface area (Å²) in [7, 11) is 0. The van der Waals surface area contributed by atoms with Crippen LogP contribution in [0.1, 0.15) is 22.3 Å². The fraction of sp³-hybridized carbons (Fsp3) is 0.174. The lowest BCUT2D eigenvalue weighted by atomic mass is 10.1. The Morgan fingerprint density at radius 3 is 2.69 bits per heavy atom. The summed E-state index contributed by atoms with van der Waals surface area (Å²) >= 11 is 0. The lowest BCUT2D eigenvalue weighted by molar-refractivity contribution is -0.142. The van der Waals surface area contributed by atoms with Crippen LogP contribution in [0.5, 0.6) is 0 Å². The fourth-order valence-electron chi connectivity index (χ4n) is 2.81. The molecule has 0 unspecified atom stereocenters. The van der Waals surface area contributed by atoms with Gasteiger partial charge >= 0.3 is 5.97 Å². The molecule has 3 rings (SSSR count). The molecule has 29 heavy (non-hydrogen) atoms. The summed E-state index contributed by atoms with van der Waals surface area (Å²) in [6.45, 7) is 4.20. The molecule has 0 aliphatic heterocycles. The molecule has 0 spiro atoms. The van der Waals surface area contributed by atoms with Crippen LogP contribution in [0, 0.1) is 13.8 Å². The van der Waals surface area contributed by atoms with E-state index in [-0.39, 0.29) is 12.5 Å². The number of amides is 1. The molecule has 0 aliphatic rings. The minimum absolute atomic E-state index is 0.343. The number of hydrogen-bond acceptors (Lipinski definition) is 4. The molecule has 6 heteroatoms. The van der Waals surface area contributed by atoms with Gasteiger partial charge in [0.1, 0.15) is 0 Å². The molecule has 0 fully saturated rings. The maximum absolute atomic E-state index is 12.0. The van der Waals surface area contributed by atoms with Gasteiger partial charge in [0, 0.05) is 23.5 Å². The number of nitrogens with one attached hydrogen (secondary N) is 1. The molecule has 0 radical (unpaired) electrons. The van der Waals surface area contributed by atoms with Gasteiger partial charge < -0.3 is 10.1 Å². The molecular weight excluding hydrogens is 366 g/mol. The molecule has 148 valence electrons. The molecular formula is C23H23N3O3. The maximum atomic E-state index is 12.0. The smallest absolute Gasteiger partial charge is 0.331 e. The molecule has 0 atom stereocenters. The van der Waals surface area contributed by atoms with Crippen LogP contribution in [-0.2, 0) is 20.9 Å². The van der Waals surface area contributed by atoms with Crippen molar-refractivity contribution in [3.8, 4) is 0 Å². The van der Waals surface area contributed by atoms with Crippen LogP contribution in [-0.4, -0.2) is 28.3 Å². The molecule has 3 aromatic rings. The average molecular weight is 389 g/mol. The summed E-state index contributed by atoms with van der Waals surface area (Å²) < 4.78 is 6.79.